The molecule has 0 saturated carbocycles. The molecule has 0 spiro atoms. The smallest absolute Gasteiger partial charge is 0.336 e. The molecular weight excluding hydrogens is 232 g/mol. The number of hydrogen-bond donors (Lipinski definition) is 2. The summed E-state index contributed by atoms with van der Waals surface area (Å²) in [6.45, 7) is 0.618. The van der Waals surface area contributed by atoms with Gasteiger partial charge in [-0.2, -0.15) is 0 Å². The minimum atomic E-state index is -0.964. The molecule has 1 aliphatic rings. The summed E-state index contributed by atoms with van der Waals surface area (Å²) in [5, 5.41) is 9.88. The lowest BCUT2D eigenvalue weighted by atomic mass is 9.99. The highest BCUT2D eigenvalue weighted by atomic mass is 16.4. The Hall–Kier alpha value is -2.30. The second kappa shape index (κ2) is 3.60. The van der Waals surface area contributed by atoms with E-state index in [1.165, 1.54) is 0 Å². The van der Waals surface area contributed by atoms with Gasteiger partial charge in [0, 0.05) is 24.5 Å². The van der Waals surface area contributed by atoms with Gasteiger partial charge in [-0.3, -0.25) is 4.79 Å². The summed E-state index contributed by atoms with van der Waals surface area (Å²) in [7, 11) is 1.74. The van der Waals surface area contributed by atoms with Crippen molar-refractivity contribution < 1.29 is 14.7 Å². The number of benzene rings is 1. The van der Waals surface area contributed by atoms with Gasteiger partial charge in [-0.1, -0.05) is 6.07 Å². The second-order valence-electron chi connectivity index (χ2n) is 4.49. The highest BCUT2D eigenvalue weighted by Gasteiger charge is 2.27. The van der Waals surface area contributed by atoms with Gasteiger partial charge in [0.25, 0.3) is 5.91 Å². The molecule has 5 nitrogen and oxygen atoms in total. The first kappa shape index (κ1) is 10.8. The number of aromatic carboxylic acids is 1. The molecule has 5 heteroatoms. The van der Waals surface area contributed by atoms with Gasteiger partial charge in [0.15, 0.2) is 0 Å². The van der Waals surface area contributed by atoms with Crippen LogP contribution in [0.3, 0.4) is 0 Å². The number of fused-ring (bicyclic) bond motifs is 3. The number of amides is 1. The Labute approximate surface area is 103 Å². The molecular formula is C13H12N2O3. The number of H-pyrrole nitrogens is 1. The SMILES string of the molecule is CN1CCc2c([nH]c3cccc(C(=O)O)c23)C1=O. The van der Waals surface area contributed by atoms with Crippen molar-refractivity contribution in [2.45, 2.75) is 6.42 Å². The normalized spacial score (nSPS) is 14.9. The molecule has 0 atom stereocenters. The largest absolute Gasteiger partial charge is 0.478 e. The van der Waals surface area contributed by atoms with Crippen molar-refractivity contribution in [3.8, 4) is 0 Å². The Balaban J connectivity index is 2.35. The van der Waals surface area contributed by atoms with E-state index in [2.05, 4.69) is 4.98 Å². The van der Waals surface area contributed by atoms with Crippen LogP contribution >= 0.6 is 0 Å². The summed E-state index contributed by atoms with van der Waals surface area (Å²) in [4.78, 5) is 27.9. The van der Waals surface area contributed by atoms with Crippen molar-refractivity contribution in [1.29, 1.82) is 0 Å². The molecule has 18 heavy (non-hydrogen) atoms. The van der Waals surface area contributed by atoms with E-state index < -0.39 is 5.97 Å². The van der Waals surface area contributed by atoms with Gasteiger partial charge >= 0.3 is 5.97 Å². The lowest BCUT2D eigenvalue weighted by Gasteiger charge is -2.22. The third-order valence-electron chi connectivity index (χ3n) is 3.42. The van der Waals surface area contributed by atoms with Gasteiger partial charge in [0.1, 0.15) is 5.69 Å². The fourth-order valence-corrected chi connectivity index (χ4v) is 2.50. The second-order valence-corrected chi connectivity index (χ2v) is 4.49. The number of likely N-dealkylation sites (N-methyl/N-ethyl adjacent to an activating group) is 1. The van der Waals surface area contributed by atoms with Gasteiger partial charge in [0.2, 0.25) is 0 Å². The third-order valence-corrected chi connectivity index (χ3v) is 3.42. The summed E-state index contributed by atoms with van der Waals surface area (Å²) in [5.41, 5.74) is 2.31. The van der Waals surface area contributed by atoms with Crippen molar-refractivity contribution >= 4 is 22.8 Å². The fourth-order valence-electron chi connectivity index (χ4n) is 2.50. The number of carbonyl (C=O) groups excluding carboxylic acids is 1. The molecule has 92 valence electrons. The first-order chi connectivity index (χ1) is 8.59. The van der Waals surface area contributed by atoms with Crippen LogP contribution in [0.5, 0.6) is 0 Å². The Kier molecular flexibility index (Phi) is 2.16. The van der Waals surface area contributed by atoms with Crippen LogP contribution in [0, 0.1) is 0 Å². The predicted octanol–water partition coefficient (Wildman–Crippen LogP) is 1.49. The number of hydrogen-bond acceptors (Lipinski definition) is 2. The van der Waals surface area contributed by atoms with Crippen molar-refractivity contribution in [2.75, 3.05) is 13.6 Å². The number of aromatic amines is 1. The van der Waals surface area contributed by atoms with Crippen molar-refractivity contribution in [3.05, 3.63) is 35.0 Å². The van der Waals surface area contributed by atoms with E-state index in [1.807, 2.05) is 0 Å². The minimum absolute atomic E-state index is 0.0798. The average Bonchev–Trinajstić information content (AvgIpc) is 2.73. The van der Waals surface area contributed by atoms with Gasteiger partial charge in [-0.15, -0.1) is 0 Å². The van der Waals surface area contributed by atoms with E-state index in [1.54, 1.807) is 30.1 Å². The summed E-state index contributed by atoms with van der Waals surface area (Å²) in [6.07, 6.45) is 0.682. The zero-order valence-electron chi connectivity index (χ0n) is 9.86. The van der Waals surface area contributed by atoms with E-state index in [0.29, 0.717) is 29.6 Å². The maximum atomic E-state index is 12.0. The number of carboxylic acid groups (broad SMARTS) is 1. The van der Waals surface area contributed by atoms with Crippen LogP contribution in [0.1, 0.15) is 26.4 Å². The van der Waals surface area contributed by atoms with Gasteiger partial charge in [0.05, 0.1) is 5.56 Å². The zero-order chi connectivity index (χ0) is 12.9. The molecule has 2 heterocycles. The Morgan fingerprint density at radius 1 is 1.44 bits per heavy atom. The van der Waals surface area contributed by atoms with E-state index in [4.69, 9.17) is 0 Å². The summed E-state index contributed by atoms with van der Waals surface area (Å²) >= 11 is 0. The van der Waals surface area contributed by atoms with E-state index in [9.17, 15) is 14.7 Å². The predicted molar refractivity (Wildman–Crippen MR) is 65.9 cm³/mol. The number of rotatable bonds is 1. The lowest BCUT2D eigenvalue weighted by molar-refractivity contribution is 0.0697. The van der Waals surface area contributed by atoms with Gasteiger partial charge in [-0.05, 0) is 24.1 Å². The highest BCUT2D eigenvalue weighted by Crippen LogP contribution is 2.29. The van der Waals surface area contributed by atoms with E-state index >= 15 is 0 Å². The molecule has 1 aromatic heterocycles. The zero-order valence-corrected chi connectivity index (χ0v) is 9.86. The monoisotopic (exact) mass is 244 g/mol. The van der Waals surface area contributed by atoms with Crippen molar-refractivity contribution in [2.24, 2.45) is 0 Å². The molecule has 1 aromatic carbocycles. The molecule has 1 amide bonds. The number of carbonyl (C=O) groups is 2. The molecule has 0 aliphatic carbocycles. The maximum Gasteiger partial charge on any atom is 0.336 e. The van der Waals surface area contributed by atoms with Crippen LogP contribution < -0.4 is 0 Å². The van der Waals surface area contributed by atoms with Gasteiger partial charge < -0.3 is 15.0 Å². The Bertz CT molecular complexity index is 672. The fraction of sp³-hybridized carbons (Fsp3) is 0.231. The molecule has 0 radical (unpaired) electrons. The van der Waals surface area contributed by atoms with Crippen molar-refractivity contribution in [3.63, 3.8) is 0 Å². The molecule has 0 fully saturated rings. The van der Waals surface area contributed by atoms with Crippen LogP contribution in [0.4, 0.5) is 0 Å². The first-order valence-corrected chi connectivity index (χ1v) is 5.72. The number of nitrogens with zero attached hydrogens (tertiary/aromatic N) is 1. The molecule has 1 aliphatic heterocycles. The third kappa shape index (κ3) is 1.33. The molecule has 3 rings (SSSR count). The quantitative estimate of drug-likeness (QED) is 0.798. The van der Waals surface area contributed by atoms with Crippen LogP contribution in [-0.4, -0.2) is 40.5 Å². The number of aromatic nitrogens is 1. The van der Waals surface area contributed by atoms with Crippen LogP contribution in [-0.2, 0) is 6.42 Å². The molecule has 0 bridgehead atoms. The average molecular weight is 244 g/mol. The molecule has 2 N–H and O–H groups in total. The highest BCUT2D eigenvalue weighted by molar-refractivity contribution is 6.09. The van der Waals surface area contributed by atoms with E-state index in [-0.39, 0.29) is 11.5 Å². The van der Waals surface area contributed by atoms with Crippen LogP contribution in [0.15, 0.2) is 18.2 Å². The number of carboxylic acids is 1. The summed E-state index contributed by atoms with van der Waals surface area (Å²) < 4.78 is 0. The molecule has 0 unspecified atom stereocenters. The van der Waals surface area contributed by atoms with Crippen LogP contribution in [0.25, 0.3) is 10.9 Å². The number of nitrogens with one attached hydrogen (secondary N) is 1. The summed E-state index contributed by atoms with van der Waals surface area (Å²) in [5.74, 6) is -1.04. The summed E-state index contributed by atoms with van der Waals surface area (Å²) in [6, 6.07) is 5.05. The van der Waals surface area contributed by atoms with Crippen molar-refractivity contribution in [1.82, 2.24) is 9.88 Å². The topological polar surface area (TPSA) is 73.4 Å². The Morgan fingerprint density at radius 3 is 2.94 bits per heavy atom. The van der Waals surface area contributed by atoms with Crippen LogP contribution in [0.2, 0.25) is 0 Å². The van der Waals surface area contributed by atoms with Gasteiger partial charge in [-0.25, -0.2) is 4.79 Å². The molecule has 0 saturated heterocycles. The lowest BCUT2D eigenvalue weighted by Crippen LogP contribution is -2.34. The standard InChI is InChI=1S/C13H12N2O3/c1-15-6-5-7-10-8(13(17)18)3-2-4-9(10)14-11(7)12(15)16/h2-4,14H,5-6H2,1H3,(H,17,18). The Morgan fingerprint density at radius 2 is 2.22 bits per heavy atom. The van der Waals surface area contributed by atoms with E-state index in [0.717, 1.165) is 5.56 Å². The molecule has 2 aromatic rings. The maximum absolute atomic E-state index is 12.0. The first-order valence-electron chi connectivity index (χ1n) is 5.72. The minimum Gasteiger partial charge on any atom is -0.478 e.